The van der Waals surface area contributed by atoms with Gasteiger partial charge in [-0.15, -0.1) is 0 Å². The first-order chi connectivity index (χ1) is 7.29. The number of rotatable bonds is 2. The third-order valence-corrected chi connectivity index (χ3v) is 2.42. The Morgan fingerprint density at radius 1 is 1.33 bits per heavy atom. The van der Waals surface area contributed by atoms with Crippen molar-refractivity contribution in [1.82, 2.24) is 0 Å². The van der Waals surface area contributed by atoms with Gasteiger partial charge in [-0.25, -0.2) is 0 Å². The Hall–Kier alpha value is -1.07. The minimum absolute atomic E-state index is 0.352. The monoisotopic (exact) mass is 269 g/mol. The largest absolute Gasteiger partial charge is 0.346 e. The Morgan fingerprint density at radius 3 is 2.73 bits per heavy atom. The van der Waals surface area contributed by atoms with Crippen molar-refractivity contribution in [2.45, 2.75) is 6.29 Å². The molecule has 0 saturated carbocycles. The lowest BCUT2D eigenvalue weighted by Crippen LogP contribution is -1.97. The van der Waals surface area contributed by atoms with E-state index in [1.807, 2.05) is 6.07 Å². The van der Waals surface area contributed by atoms with Crippen LogP contribution in [0.1, 0.15) is 11.9 Å². The van der Waals surface area contributed by atoms with E-state index < -0.39 is 0 Å². The van der Waals surface area contributed by atoms with Gasteiger partial charge in [-0.3, -0.25) is 0 Å². The molecule has 1 aliphatic rings. The molecule has 0 bridgehead atoms. The Morgan fingerprint density at radius 2 is 2.07 bits per heavy atom. The maximum Gasteiger partial charge on any atom is 0.184 e. The molecular formula is C9H8BrN3O2. The van der Waals surface area contributed by atoms with Crippen molar-refractivity contribution in [2.75, 3.05) is 13.2 Å². The summed E-state index contributed by atoms with van der Waals surface area (Å²) < 4.78 is 11.5. The smallest absolute Gasteiger partial charge is 0.184 e. The molecule has 1 heterocycles. The highest BCUT2D eigenvalue weighted by Gasteiger charge is 2.18. The molecule has 1 fully saturated rings. The zero-order valence-corrected chi connectivity index (χ0v) is 9.35. The van der Waals surface area contributed by atoms with Gasteiger partial charge in [0.2, 0.25) is 0 Å². The van der Waals surface area contributed by atoms with Gasteiger partial charge in [-0.05, 0) is 23.7 Å². The van der Waals surface area contributed by atoms with Crippen molar-refractivity contribution in [3.63, 3.8) is 0 Å². The lowest BCUT2D eigenvalue weighted by molar-refractivity contribution is -0.0441. The molecule has 0 unspecified atom stereocenters. The third-order valence-electron chi connectivity index (χ3n) is 1.96. The first-order valence-corrected chi connectivity index (χ1v) is 5.18. The quantitative estimate of drug-likeness (QED) is 0.469. The molecule has 5 nitrogen and oxygen atoms in total. The van der Waals surface area contributed by atoms with Crippen LogP contribution in [0.3, 0.4) is 0 Å². The summed E-state index contributed by atoms with van der Waals surface area (Å²) in [7, 11) is 0. The second-order valence-electron chi connectivity index (χ2n) is 3.01. The Balaban J connectivity index is 2.33. The second-order valence-corrected chi connectivity index (χ2v) is 3.92. The van der Waals surface area contributed by atoms with Crippen molar-refractivity contribution in [3.8, 4) is 0 Å². The van der Waals surface area contributed by atoms with Crippen molar-refractivity contribution < 1.29 is 9.47 Å². The van der Waals surface area contributed by atoms with E-state index in [9.17, 15) is 0 Å². The van der Waals surface area contributed by atoms with Gasteiger partial charge in [0.15, 0.2) is 6.29 Å². The van der Waals surface area contributed by atoms with Crippen LogP contribution < -0.4 is 0 Å². The summed E-state index contributed by atoms with van der Waals surface area (Å²) in [5.41, 5.74) is 9.74. The number of nitrogens with zero attached hydrogens (tertiary/aromatic N) is 3. The highest BCUT2D eigenvalue weighted by molar-refractivity contribution is 9.10. The molecule has 6 heteroatoms. The van der Waals surface area contributed by atoms with E-state index in [2.05, 4.69) is 26.0 Å². The topological polar surface area (TPSA) is 67.2 Å². The molecule has 0 aromatic heterocycles. The fourth-order valence-electron chi connectivity index (χ4n) is 1.39. The van der Waals surface area contributed by atoms with Crippen LogP contribution >= 0.6 is 15.9 Å². The zero-order valence-electron chi connectivity index (χ0n) is 7.76. The number of hydrogen-bond acceptors (Lipinski definition) is 3. The third kappa shape index (κ3) is 2.49. The minimum atomic E-state index is -0.352. The minimum Gasteiger partial charge on any atom is -0.346 e. The molecule has 0 atom stereocenters. The molecule has 1 saturated heterocycles. The van der Waals surface area contributed by atoms with Crippen LogP contribution in [0.15, 0.2) is 27.8 Å². The Bertz CT molecular complexity index is 412. The molecule has 0 radical (unpaired) electrons. The highest BCUT2D eigenvalue weighted by Crippen LogP contribution is 2.30. The summed E-state index contributed by atoms with van der Waals surface area (Å²) in [5.74, 6) is 0. The van der Waals surface area contributed by atoms with Crippen LogP contribution in [-0.2, 0) is 9.47 Å². The fourth-order valence-corrected chi connectivity index (χ4v) is 1.89. The van der Waals surface area contributed by atoms with Crippen molar-refractivity contribution >= 4 is 21.6 Å². The first-order valence-electron chi connectivity index (χ1n) is 4.38. The van der Waals surface area contributed by atoms with Crippen molar-refractivity contribution in [2.24, 2.45) is 5.11 Å². The maximum atomic E-state index is 8.35. The van der Waals surface area contributed by atoms with Crippen LogP contribution in [0.25, 0.3) is 10.4 Å². The molecule has 2 rings (SSSR count). The van der Waals surface area contributed by atoms with Crippen molar-refractivity contribution in [1.29, 1.82) is 0 Å². The summed E-state index contributed by atoms with van der Waals surface area (Å²) in [6.07, 6.45) is -0.352. The molecule has 1 aromatic carbocycles. The Kier molecular flexibility index (Phi) is 3.23. The number of ether oxygens (including phenoxy) is 2. The average molecular weight is 270 g/mol. The molecule has 0 spiro atoms. The van der Waals surface area contributed by atoms with Crippen LogP contribution in [0, 0.1) is 0 Å². The SMILES string of the molecule is [N-]=[N+]=Nc1cc(Br)cc(C2OCCO2)c1. The van der Waals surface area contributed by atoms with E-state index in [0.29, 0.717) is 18.9 Å². The predicted octanol–water partition coefficient (Wildman–Crippen LogP) is 3.44. The van der Waals surface area contributed by atoms with E-state index in [4.69, 9.17) is 15.0 Å². The van der Waals surface area contributed by atoms with Crippen LogP contribution in [0.5, 0.6) is 0 Å². The number of azide groups is 1. The van der Waals surface area contributed by atoms with E-state index >= 15 is 0 Å². The van der Waals surface area contributed by atoms with Gasteiger partial charge in [0.25, 0.3) is 0 Å². The molecule has 1 aromatic rings. The molecule has 15 heavy (non-hydrogen) atoms. The van der Waals surface area contributed by atoms with E-state index in [0.717, 1.165) is 10.0 Å². The van der Waals surface area contributed by atoms with Gasteiger partial charge in [0.1, 0.15) is 0 Å². The van der Waals surface area contributed by atoms with Gasteiger partial charge >= 0.3 is 0 Å². The van der Waals surface area contributed by atoms with E-state index in [1.54, 1.807) is 12.1 Å². The standard InChI is InChI=1S/C9H8BrN3O2/c10-7-3-6(9-14-1-2-15-9)4-8(5-7)12-13-11/h3-5,9H,1-2H2. The van der Waals surface area contributed by atoms with Crippen LogP contribution in [-0.4, -0.2) is 13.2 Å². The molecule has 78 valence electrons. The number of hydrogen-bond donors (Lipinski definition) is 0. The van der Waals surface area contributed by atoms with Gasteiger partial charge in [-0.1, -0.05) is 21.0 Å². The van der Waals surface area contributed by atoms with Crippen LogP contribution in [0.4, 0.5) is 5.69 Å². The van der Waals surface area contributed by atoms with Gasteiger partial charge < -0.3 is 9.47 Å². The number of benzene rings is 1. The molecule has 0 amide bonds. The van der Waals surface area contributed by atoms with Gasteiger partial charge in [0.05, 0.1) is 13.2 Å². The molecule has 0 aliphatic carbocycles. The summed E-state index contributed by atoms with van der Waals surface area (Å²) >= 11 is 3.34. The summed E-state index contributed by atoms with van der Waals surface area (Å²) in [6, 6.07) is 5.37. The van der Waals surface area contributed by atoms with E-state index in [1.165, 1.54) is 0 Å². The lowest BCUT2D eigenvalue weighted by atomic mass is 10.2. The highest BCUT2D eigenvalue weighted by atomic mass is 79.9. The van der Waals surface area contributed by atoms with E-state index in [-0.39, 0.29) is 6.29 Å². The van der Waals surface area contributed by atoms with Gasteiger partial charge in [-0.2, -0.15) is 0 Å². The Labute approximate surface area is 94.7 Å². The van der Waals surface area contributed by atoms with Crippen LogP contribution in [0.2, 0.25) is 0 Å². The molecular weight excluding hydrogens is 262 g/mol. The summed E-state index contributed by atoms with van der Waals surface area (Å²) in [4.78, 5) is 2.74. The van der Waals surface area contributed by atoms with Crippen molar-refractivity contribution in [3.05, 3.63) is 38.7 Å². The predicted molar refractivity (Wildman–Crippen MR) is 57.6 cm³/mol. The average Bonchev–Trinajstić information content (AvgIpc) is 2.70. The fraction of sp³-hybridized carbons (Fsp3) is 0.333. The summed E-state index contributed by atoms with van der Waals surface area (Å²) in [6.45, 7) is 1.18. The maximum absolute atomic E-state index is 8.35. The summed E-state index contributed by atoms with van der Waals surface area (Å²) in [5, 5.41) is 3.54. The lowest BCUT2D eigenvalue weighted by Gasteiger charge is -2.10. The second kappa shape index (κ2) is 4.63. The van der Waals surface area contributed by atoms with Gasteiger partial charge in [0, 0.05) is 20.6 Å². The molecule has 0 N–H and O–H groups in total. The normalized spacial score (nSPS) is 16.3. The first kappa shape index (κ1) is 10.4. The number of halogens is 1. The zero-order chi connectivity index (χ0) is 10.7. The molecule has 1 aliphatic heterocycles.